The van der Waals surface area contributed by atoms with Crippen LogP contribution in [0.5, 0.6) is 0 Å². The van der Waals surface area contributed by atoms with Crippen molar-refractivity contribution >= 4 is 17.3 Å². The molecule has 0 aliphatic rings. The molecular formula is C17H20ClN3O2. The number of nitro groups is 1. The second-order valence-electron chi connectivity index (χ2n) is 5.25. The Balaban J connectivity index is 2.21. The van der Waals surface area contributed by atoms with Gasteiger partial charge in [0.15, 0.2) is 0 Å². The third kappa shape index (κ3) is 5.03. The van der Waals surface area contributed by atoms with Crippen molar-refractivity contribution in [1.29, 1.82) is 0 Å². The smallest absolute Gasteiger partial charge is 0.270 e. The van der Waals surface area contributed by atoms with E-state index >= 15 is 0 Å². The van der Waals surface area contributed by atoms with Gasteiger partial charge in [-0.15, -0.1) is 0 Å². The summed E-state index contributed by atoms with van der Waals surface area (Å²) >= 11 is 6.11. The van der Waals surface area contributed by atoms with E-state index in [2.05, 4.69) is 5.32 Å². The fraction of sp³-hybridized carbons (Fsp3) is 0.294. The van der Waals surface area contributed by atoms with Gasteiger partial charge in [0.1, 0.15) is 0 Å². The van der Waals surface area contributed by atoms with Crippen molar-refractivity contribution < 1.29 is 4.92 Å². The van der Waals surface area contributed by atoms with Crippen LogP contribution in [0.15, 0.2) is 42.5 Å². The molecule has 0 unspecified atom stereocenters. The molecule has 2 rings (SSSR count). The molecule has 5 nitrogen and oxygen atoms in total. The number of rotatable bonds is 8. The molecule has 0 fully saturated rings. The van der Waals surface area contributed by atoms with Crippen molar-refractivity contribution in [2.24, 2.45) is 5.73 Å². The third-order valence-electron chi connectivity index (χ3n) is 3.56. The van der Waals surface area contributed by atoms with Crippen LogP contribution in [-0.4, -0.2) is 24.6 Å². The Bertz CT molecular complexity index is 677. The van der Waals surface area contributed by atoms with Gasteiger partial charge in [0.2, 0.25) is 0 Å². The van der Waals surface area contributed by atoms with Crippen molar-refractivity contribution in [1.82, 2.24) is 5.32 Å². The molecule has 0 saturated heterocycles. The number of halogens is 1. The van der Waals surface area contributed by atoms with Crippen LogP contribution >= 0.6 is 11.6 Å². The molecule has 0 aliphatic heterocycles. The van der Waals surface area contributed by atoms with Gasteiger partial charge in [-0.1, -0.05) is 29.8 Å². The number of nitrogens with two attached hydrogens (primary N) is 1. The van der Waals surface area contributed by atoms with Gasteiger partial charge in [-0.05, 0) is 48.2 Å². The highest BCUT2D eigenvalue weighted by molar-refractivity contribution is 6.30. The highest BCUT2D eigenvalue weighted by Gasteiger charge is 2.11. The summed E-state index contributed by atoms with van der Waals surface area (Å²) in [7, 11) is 0. The molecule has 6 heteroatoms. The number of nitrogens with zero attached hydrogens (tertiary/aromatic N) is 1. The number of nitro benzene ring substituents is 1. The Labute approximate surface area is 140 Å². The summed E-state index contributed by atoms with van der Waals surface area (Å²) < 4.78 is 0. The van der Waals surface area contributed by atoms with Crippen LogP contribution in [0.25, 0.3) is 11.1 Å². The summed E-state index contributed by atoms with van der Waals surface area (Å²) in [5, 5.41) is 14.9. The number of benzene rings is 2. The maximum absolute atomic E-state index is 11.0. The van der Waals surface area contributed by atoms with E-state index in [4.69, 9.17) is 17.3 Å². The number of non-ortho nitro benzene ring substituents is 1. The van der Waals surface area contributed by atoms with Gasteiger partial charge >= 0.3 is 0 Å². The Kier molecular flexibility index (Phi) is 6.52. The molecule has 0 bridgehead atoms. The van der Waals surface area contributed by atoms with Gasteiger partial charge in [-0.25, -0.2) is 0 Å². The van der Waals surface area contributed by atoms with Gasteiger partial charge in [-0.2, -0.15) is 0 Å². The van der Waals surface area contributed by atoms with E-state index in [1.165, 1.54) is 6.07 Å². The molecule has 0 aromatic heterocycles. The molecule has 0 spiro atoms. The van der Waals surface area contributed by atoms with Crippen LogP contribution in [0, 0.1) is 10.1 Å². The molecule has 2 aromatic rings. The van der Waals surface area contributed by atoms with E-state index in [-0.39, 0.29) is 10.6 Å². The summed E-state index contributed by atoms with van der Waals surface area (Å²) in [6.45, 7) is 2.31. The first-order valence-electron chi connectivity index (χ1n) is 7.56. The van der Waals surface area contributed by atoms with Crippen molar-refractivity contribution in [2.75, 3.05) is 19.6 Å². The lowest BCUT2D eigenvalue weighted by molar-refractivity contribution is -0.384. The number of hydrogen-bond acceptors (Lipinski definition) is 4. The molecule has 23 heavy (non-hydrogen) atoms. The molecule has 0 saturated carbocycles. The minimum atomic E-state index is -0.384. The second-order valence-corrected chi connectivity index (χ2v) is 5.69. The first-order valence-corrected chi connectivity index (χ1v) is 7.93. The third-order valence-corrected chi connectivity index (χ3v) is 3.80. The van der Waals surface area contributed by atoms with Gasteiger partial charge in [0.25, 0.3) is 5.69 Å². The molecule has 122 valence electrons. The van der Waals surface area contributed by atoms with Crippen LogP contribution in [0.1, 0.15) is 12.0 Å². The van der Waals surface area contributed by atoms with Crippen LogP contribution in [0.3, 0.4) is 0 Å². The Morgan fingerprint density at radius 3 is 2.74 bits per heavy atom. The summed E-state index contributed by atoms with van der Waals surface area (Å²) in [5.41, 5.74) is 8.41. The molecule has 0 radical (unpaired) electrons. The normalized spacial score (nSPS) is 10.7. The second kappa shape index (κ2) is 8.62. The van der Waals surface area contributed by atoms with Gasteiger partial charge < -0.3 is 11.1 Å². The zero-order valence-electron chi connectivity index (χ0n) is 12.8. The monoisotopic (exact) mass is 333 g/mol. The largest absolute Gasteiger partial charge is 0.329 e. The zero-order valence-corrected chi connectivity index (χ0v) is 13.6. The van der Waals surface area contributed by atoms with E-state index < -0.39 is 0 Å². The first kappa shape index (κ1) is 17.4. The highest BCUT2D eigenvalue weighted by Crippen LogP contribution is 2.30. The van der Waals surface area contributed by atoms with Crippen molar-refractivity contribution in [3.05, 3.63) is 63.2 Å². The van der Waals surface area contributed by atoms with Crippen LogP contribution < -0.4 is 11.1 Å². The maximum atomic E-state index is 11.0. The Hall–Kier alpha value is -1.95. The zero-order chi connectivity index (χ0) is 16.7. The van der Waals surface area contributed by atoms with E-state index in [0.717, 1.165) is 42.6 Å². The predicted octanol–water partition coefficient (Wildman–Crippen LogP) is 3.40. The molecule has 2 aromatic carbocycles. The molecule has 0 amide bonds. The molecule has 0 atom stereocenters. The van der Waals surface area contributed by atoms with Crippen molar-refractivity contribution in [3.63, 3.8) is 0 Å². The van der Waals surface area contributed by atoms with Gasteiger partial charge in [0, 0.05) is 30.2 Å². The minimum Gasteiger partial charge on any atom is -0.329 e. The number of hydrogen-bond donors (Lipinski definition) is 2. The van der Waals surface area contributed by atoms with E-state index in [1.54, 1.807) is 12.1 Å². The van der Waals surface area contributed by atoms with Crippen LogP contribution in [0.2, 0.25) is 5.02 Å². The molecule has 3 N–H and O–H groups in total. The average molecular weight is 334 g/mol. The molecule has 0 aliphatic carbocycles. The lowest BCUT2D eigenvalue weighted by Gasteiger charge is -2.11. The summed E-state index contributed by atoms with van der Waals surface area (Å²) in [5.74, 6) is 0. The van der Waals surface area contributed by atoms with E-state index in [9.17, 15) is 10.1 Å². The lowest BCUT2D eigenvalue weighted by atomic mass is 9.96. The highest BCUT2D eigenvalue weighted by atomic mass is 35.5. The van der Waals surface area contributed by atoms with Crippen LogP contribution in [-0.2, 0) is 6.42 Å². The number of nitrogens with one attached hydrogen (secondary N) is 1. The number of aryl methyl sites for hydroxylation is 1. The average Bonchev–Trinajstić information content (AvgIpc) is 2.56. The summed E-state index contributed by atoms with van der Waals surface area (Å²) in [4.78, 5) is 10.6. The predicted molar refractivity (Wildman–Crippen MR) is 93.8 cm³/mol. The quantitative estimate of drug-likeness (QED) is 0.441. The van der Waals surface area contributed by atoms with Crippen molar-refractivity contribution in [3.8, 4) is 11.1 Å². The maximum Gasteiger partial charge on any atom is 0.270 e. The van der Waals surface area contributed by atoms with Gasteiger partial charge in [0.05, 0.1) is 4.92 Å². The van der Waals surface area contributed by atoms with Gasteiger partial charge in [-0.3, -0.25) is 10.1 Å². The van der Waals surface area contributed by atoms with Crippen LogP contribution in [0.4, 0.5) is 5.69 Å². The fourth-order valence-corrected chi connectivity index (χ4v) is 2.63. The summed E-state index contributed by atoms with van der Waals surface area (Å²) in [6, 6.07) is 12.3. The SMILES string of the molecule is NCCNCCCc1ccc(Cl)cc1-c1cccc([N+](=O)[O-])c1. The molecular weight excluding hydrogens is 314 g/mol. The van der Waals surface area contributed by atoms with E-state index in [1.807, 2.05) is 24.3 Å². The topological polar surface area (TPSA) is 81.2 Å². The standard InChI is InChI=1S/C17H20ClN3O2/c18-15-7-6-13(4-2-9-20-10-8-19)17(12-15)14-3-1-5-16(11-14)21(22)23/h1,3,5-7,11-12,20H,2,4,8-10,19H2. The van der Waals surface area contributed by atoms with E-state index in [0.29, 0.717) is 11.6 Å². The Morgan fingerprint density at radius 2 is 2.00 bits per heavy atom. The fourth-order valence-electron chi connectivity index (χ4n) is 2.45. The first-order chi connectivity index (χ1) is 11.1. The lowest BCUT2D eigenvalue weighted by Crippen LogP contribution is -2.23. The molecule has 0 heterocycles. The minimum absolute atomic E-state index is 0.0815. The summed E-state index contributed by atoms with van der Waals surface area (Å²) in [6.07, 6.45) is 1.83. The van der Waals surface area contributed by atoms with Crippen molar-refractivity contribution in [2.45, 2.75) is 12.8 Å². The Morgan fingerprint density at radius 1 is 1.17 bits per heavy atom.